The van der Waals surface area contributed by atoms with Crippen molar-refractivity contribution in [3.63, 3.8) is 0 Å². The van der Waals surface area contributed by atoms with Crippen LogP contribution in [-0.2, 0) is 0 Å². The monoisotopic (exact) mass is 858 g/mol. The van der Waals surface area contributed by atoms with Crippen LogP contribution in [0.3, 0.4) is 0 Å². The quantitative estimate of drug-likeness (QED) is 0.0510. The van der Waals surface area contributed by atoms with Crippen LogP contribution in [0.2, 0.25) is 0 Å². The molecule has 1 N–H and O–H groups in total. The van der Waals surface area contributed by atoms with Gasteiger partial charge in [-0.15, -0.1) is 0 Å². The molecule has 0 heterocycles. The first-order chi connectivity index (χ1) is 32.8. The van der Waals surface area contributed by atoms with Crippen molar-refractivity contribution in [1.82, 2.24) is 0 Å². The molecular weight excluding hydrogens is 813 g/mol. The van der Waals surface area contributed by atoms with Crippen LogP contribution in [0.15, 0.2) is 208 Å². The normalized spacial score (nSPS) is 12.3. The highest BCUT2D eigenvalue weighted by Gasteiger charge is 2.21. The maximum absolute atomic E-state index is 9.33. The fourth-order valence-corrected chi connectivity index (χ4v) is 9.13. The van der Waals surface area contributed by atoms with E-state index in [1.165, 1.54) is 17.5 Å². The lowest BCUT2D eigenvalue weighted by atomic mass is 9.81. The highest BCUT2D eigenvalue weighted by Crippen LogP contribution is 2.49. The molecule has 8 rings (SSSR count). The first-order valence-electron chi connectivity index (χ1n) is 22.0. The predicted octanol–water partition coefficient (Wildman–Crippen LogP) is 16.9. The fourth-order valence-electron chi connectivity index (χ4n) is 9.13. The number of hydrogen-bond donors (Lipinski definition) is 1. The average Bonchev–Trinajstić information content (AvgIpc) is 3.38. The van der Waals surface area contributed by atoms with Gasteiger partial charge in [0.25, 0.3) is 0 Å². The van der Waals surface area contributed by atoms with E-state index in [2.05, 4.69) is 159 Å². The summed E-state index contributed by atoms with van der Waals surface area (Å²) in [5, 5.41) is 42.7. The number of hydrogen-bond acceptors (Lipinski definition) is 4. The van der Waals surface area contributed by atoms with Crippen LogP contribution in [0.5, 0.6) is 0 Å². The van der Waals surface area contributed by atoms with Crippen molar-refractivity contribution in [3.8, 4) is 62.7 Å². The van der Waals surface area contributed by atoms with Crippen molar-refractivity contribution in [2.45, 2.75) is 20.3 Å². The van der Waals surface area contributed by atoms with Gasteiger partial charge in [-0.05, 0) is 160 Å². The summed E-state index contributed by atoms with van der Waals surface area (Å²) in [4.78, 5) is 0. The van der Waals surface area contributed by atoms with E-state index in [9.17, 15) is 15.8 Å². The van der Waals surface area contributed by atoms with Gasteiger partial charge in [-0.3, -0.25) is 5.41 Å². The molecule has 0 unspecified atom stereocenters. The zero-order chi connectivity index (χ0) is 47.0. The molecule has 4 nitrogen and oxygen atoms in total. The topological polar surface area (TPSA) is 95.2 Å². The molecule has 0 saturated carbocycles. The number of rotatable bonds is 14. The minimum atomic E-state index is -0.137. The summed E-state index contributed by atoms with van der Waals surface area (Å²) in [6.07, 6.45) is 16.5. The smallest absolute Gasteiger partial charge is 0.132 e. The van der Waals surface area contributed by atoms with Gasteiger partial charge in [0.1, 0.15) is 11.8 Å². The maximum atomic E-state index is 9.33. The molecule has 8 aromatic rings. The number of benzene rings is 8. The van der Waals surface area contributed by atoms with Gasteiger partial charge < -0.3 is 0 Å². The summed E-state index contributed by atoms with van der Waals surface area (Å²) in [5.41, 5.74) is 16.1. The first-order valence-corrected chi connectivity index (χ1v) is 22.0. The van der Waals surface area contributed by atoms with E-state index in [1.54, 1.807) is 12.2 Å². The van der Waals surface area contributed by atoms with E-state index in [0.29, 0.717) is 12.0 Å². The second-order valence-electron chi connectivity index (χ2n) is 16.0. The minimum Gasteiger partial charge on any atom is -0.290 e. The summed E-state index contributed by atoms with van der Waals surface area (Å²) in [6, 6.07) is 54.0. The Balaban J connectivity index is 1.44. The van der Waals surface area contributed by atoms with Crippen LogP contribution in [0.1, 0.15) is 42.5 Å². The third kappa shape index (κ3) is 8.62. The molecule has 4 heteroatoms. The van der Waals surface area contributed by atoms with E-state index in [1.807, 2.05) is 56.4 Å². The van der Waals surface area contributed by atoms with Crippen molar-refractivity contribution in [1.29, 1.82) is 21.2 Å². The number of allylic oxidation sites excluding steroid dienone is 13. The Bertz CT molecular complexity index is 3550. The molecule has 8 aromatic carbocycles. The second kappa shape index (κ2) is 19.7. The Labute approximate surface area is 392 Å². The molecule has 67 heavy (non-hydrogen) atoms. The highest BCUT2D eigenvalue weighted by molar-refractivity contribution is 6.32. The molecule has 0 aliphatic carbocycles. The van der Waals surface area contributed by atoms with E-state index >= 15 is 0 Å². The molecule has 0 saturated heterocycles. The van der Waals surface area contributed by atoms with Crippen LogP contribution >= 0.6 is 0 Å². The van der Waals surface area contributed by atoms with Gasteiger partial charge in [-0.1, -0.05) is 178 Å². The molecule has 0 fully saturated rings. The molecule has 0 atom stereocenters. The van der Waals surface area contributed by atoms with E-state index < -0.39 is 0 Å². The van der Waals surface area contributed by atoms with Crippen molar-refractivity contribution in [2.24, 2.45) is 0 Å². The second-order valence-corrected chi connectivity index (χ2v) is 16.0. The van der Waals surface area contributed by atoms with Crippen LogP contribution in [-0.4, -0.2) is 5.71 Å². The van der Waals surface area contributed by atoms with Crippen molar-refractivity contribution in [3.05, 3.63) is 230 Å². The molecule has 318 valence electrons. The molecule has 0 aromatic heterocycles. The molecule has 0 spiro atoms. The average molecular weight is 859 g/mol. The largest absolute Gasteiger partial charge is 0.290 e. The van der Waals surface area contributed by atoms with Crippen molar-refractivity contribution >= 4 is 60.3 Å². The van der Waals surface area contributed by atoms with Gasteiger partial charge in [0.2, 0.25) is 0 Å². The minimum absolute atomic E-state index is 0.137. The van der Waals surface area contributed by atoms with Crippen LogP contribution < -0.4 is 0 Å². The summed E-state index contributed by atoms with van der Waals surface area (Å²) in [7, 11) is 0. The van der Waals surface area contributed by atoms with Gasteiger partial charge in [0.05, 0.1) is 18.6 Å². The summed E-state index contributed by atoms with van der Waals surface area (Å²) >= 11 is 0. The summed E-state index contributed by atoms with van der Waals surface area (Å²) in [6.45, 7) is 16.0. The van der Waals surface area contributed by atoms with Gasteiger partial charge in [0.15, 0.2) is 0 Å². The lowest BCUT2D eigenvalue weighted by Crippen LogP contribution is -1.95. The van der Waals surface area contributed by atoms with Gasteiger partial charge >= 0.3 is 0 Å². The molecule has 0 radical (unpaired) electrons. The molecular formula is C63H46N4. The van der Waals surface area contributed by atoms with Gasteiger partial charge in [0, 0.05) is 6.08 Å². The lowest BCUT2D eigenvalue weighted by Gasteiger charge is -2.22. The third-order valence-electron chi connectivity index (χ3n) is 12.5. The fraction of sp³-hybridized carbons (Fsp3) is 0.0476. The number of nitrogens with one attached hydrogen (secondary N) is 1. The Morgan fingerprint density at radius 1 is 0.493 bits per heavy atom. The van der Waals surface area contributed by atoms with E-state index in [4.69, 9.17) is 5.41 Å². The Hall–Kier alpha value is -9.14. The maximum Gasteiger partial charge on any atom is 0.132 e. The van der Waals surface area contributed by atoms with Crippen molar-refractivity contribution < 1.29 is 0 Å². The highest BCUT2D eigenvalue weighted by atomic mass is 14.4. The standard InChI is InChI=1S/C63H46N4/c1-6-41(7-2)45-15-23-49(24-16-45)58-38-59(50-25-17-46(18-26-50)42(8-3)13-11-35-64)55-32-33-56-60(51-27-19-47(20-28-51)43(9-4)14-12-36-65)39-61(57-34-31-54(58)62(55)63(56)57)52-29-21-48(22-30-52)44(10-5)37-53(67)40-66/h6-11,13-34,37-39,67H,1,4-5,12H2,2-3H3/b13-11-,41-7+,42-8+,43-14+,44-37+,67-53?. The Morgan fingerprint density at radius 2 is 0.851 bits per heavy atom. The molecule has 0 amide bonds. The number of nitrogens with zero attached hydrogens (tertiary/aromatic N) is 3. The van der Waals surface area contributed by atoms with Crippen LogP contribution in [0, 0.1) is 39.4 Å². The van der Waals surface area contributed by atoms with E-state index in [-0.39, 0.29) is 5.71 Å². The number of nitriles is 3. The predicted molar refractivity (Wildman–Crippen MR) is 284 cm³/mol. The Kier molecular flexibility index (Phi) is 13.1. The van der Waals surface area contributed by atoms with E-state index in [0.717, 1.165) is 110 Å². The van der Waals surface area contributed by atoms with Crippen LogP contribution in [0.4, 0.5) is 0 Å². The molecule has 0 bridgehead atoms. The first kappa shape index (κ1) is 44.5. The van der Waals surface area contributed by atoms with Gasteiger partial charge in [-0.2, -0.15) is 15.8 Å². The Morgan fingerprint density at radius 3 is 1.18 bits per heavy atom. The van der Waals surface area contributed by atoms with Crippen molar-refractivity contribution in [2.75, 3.05) is 0 Å². The zero-order valence-corrected chi connectivity index (χ0v) is 37.6. The lowest BCUT2D eigenvalue weighted by molar-refractivity contribution is 1.35. The summed E-state index contributed by atoms with van der Waals surface area (Å²) in [5.74, 6) is 0. The molecule has 0 aliphatic heterocycles. The SMILES string of the molecule is C=C/C(=C\C(=N)C#N)c1ccc(-c2cc(-c3ccc(/C(C=C)=C/CC#N)cc3)c3ccc4c(-c5ccc(C(/C=C\C#N)=C/C)cc5)cc(-c5ccc(/C(C=C)=C/C)cc5)c5ccc2c3c54)cc1. The molecule has 0 aliphatic rings. The van der Waals surface area contributed by atoms with Crippen LogP contribution in [0.25, 0.3) is 99.1 Å². The third-order valence-corrected chi connectivity index (χ3v) is 12.5. The zero-order valence-electron chi connectivity index (χ0n) is 37.6. The summed E-state index contributed by atoms with van der Waals surface area (Å²) < 4.78 is 0. The van der Waals surface area contributed by atoms with Gasteiger partial charge in [-0.25, -0.2) is 0 Å².